The Balaban J connectivity index is 1.47. The van der Waals surface area contributed by atoms with E-state index in [0.29, 0.717) is 18.9 Å². The minimum atomic E-state index is -0.502. The molecule has 0 aromatic carbocycles. The van der Waals surface area contributed by atoms with E-state index in [1.165, 1.54) is 0 Å². The maximum Gasteiger partial charge on any atom is 0.410 e. The number of H-pyrrole nitrogens is 1. The molecule has 0 bridgehead atoms. The summed E-state index contributed by atoms with van der Waals surface area (Å²) in [5.41, 5.74) is 3.20. The summed E-state index contributed by atoms with van der Waals surface area (Å²) < 4.78 is 11.5. The predicted octanol–water partition coefficient (Wildman–Crippen LogP) is 4.01. The molecule has 0 saturated carbocycles. The second-order valence-electron chi connectivity index (χ2n) is 7.92. The highest BCUT2D eigenvalue weighted by molar-refractivity contribution is 5.83. The molecule has 3 aromatic rings. The fraction of sp³-hybridized carbons (Fsp3) is 0.381. The molecule has 28 heavy (non-hydrogen) atoms. The zero-order valence-corrected chi connectivity index (χ0v) is 16.3. The number of carbonyl (C=O) groups is 1. The van der Waals surface area contributed by atoms with Crippen LogP contribution in [0, 0.1) is 0 Å². The van der Waals surface area contributed by atoms with Crippen LogP contribution in [0.4, 0.5) is 4.79 Å². The molecule has 1 saturated heterocycles. The molecule has 1 atom stereocenters. The topological polar surface area (TPSA) is 80.3 Å². The van der Waals surface area contributed by atoms with Crippen LogP contribution in [-0.2, 0) is 4.74 Å². The van der Waals surface area contributed by atoms with E-state index < -0.39 is 5.60 Å². The quantitative estimate of drug-likeness (QED) is 0.740. The Kier molecular flexibility index (Phi) is 4.66. The van der Waals surface area contributed by atoms with Crippen LogP contribution in [0.15, 0.2) is 42.9 Å². The van der Waals surface area contributed by atoms with Gasteiger partial charge in [0.1, 0.15) is 18.0 Å². The van der Waals surface area contributed by atoms with Gasteiger partial charge in [-0.1, -0.05) is 0 Å². The average molecular weight is 380 g/mol. The maximum absolute atomic E-state index is 12.3. The summed E-state index contributed by atoms with van der Waals surface area (Å²) in [5, 5.41) is 0. The van der Waals surface area contributed by atoms with E-state index in [2.05, 4.69) is 15.0 Å². The van der Waals surface area contributed by atoms with Crippen LogP contribution in [0.5, 0.6) is 5.75 Å². The average Bonchev–Trinajstić information content (AvgIpc) is 3.03. The summed E-state index contributed by atoms with van der Waals surface area (Å²) in [6, 6.07) is 7.79. The van der Waals surface area contributed by atoms with Crippen molar-refractivity contribution in [2.45, 2.75) is 38.8 Å². The number of amides is 1. The SMILES string of the molecule is CC(C)(C)OC(=O)N1CCC1COc1cnccc1-c1cc2ncccc2[nH]1. The van der Waals surface area contributed by atoms with Crippen molar-refractivity contribution in [3.8, 4) is 17.0 Å². The van der Waals surface area contributed by atoms with Gasteiger partial charge in [0, 0.05) is 24.5 Å². The first-order valence-corrected chi connectivity index (χ1v) is 9.41. The fourth-order valence-electron chi connectivity index (χ4n) is 3.18. The van der Waals surface area contributed by atoms with Crippen molar-refractivity contribution in [3.63, 3.8) is 0 Å². The van der Waals surface area contributed by atoms with Crippen LogP contribution >= 0.6 is 0 Å². The van der Waals surface area contributed by atoms with E-state index in [-0.39, 0.29) is 12.1 Å². The first-order valence-electron chi connectivity index (χ1n) is 9.41. The molecule has 1 aliphatic rings. The summed E-state index contributed by atoms with van der Waals surface area (Å²) in [4.78, 5) is 25.9. The molecule has 4 rings (SSSR count). The predicted molar refractivity (Wildman–Crippen MR) is 106 cm³/mol. The lowest BCUT2D eigenvalue weighted by molar-refractivity contribution is -0.0141. The van der Waals surface area contributed by atoms with Crippen LogP contribution in [0.1, 0.15) is 27.2 Å². The largest absolute Gasteiger partial charge is 0.489 e. The summed E-state index contributed by atoms with van der Waals surface area (Å²) in [7, 11) is 0. The Bertz CT molecular complexity index is 959. The molecule has 0 spiro atoms. The van der Waals surface area contributed by atoms with E-state index in [1.807, 2.05) is 45.0 Å². The number of hydrogen-bond donors (Lipinski definition) is 1. The molecule has 4 heterocycles. The molecule has 1 amide bonds. The highest BCUT2D eigenvalue weighted by Gasteiger charge is 2.35. The molecule has 0 radical (unpaired) electrons. The Morgan fingerprint density at radius 2 is 2.18 bits per heavy atom. The van der Waals surface area contributed by atoms with Gasteiger partial charge >= 0.3 is 6.09 Å². The summed E-state index contributed by atoms with van der Waals surface area (Å²) in [6.07, 6.45) is 5.81. The molecule has 7 heteroatoms. The van der Waals surface area contributed by atoms with Crippen LogP contribution < -0.4 is 4.74 Å². The zero-order valence-electron chi connectivity index (χ0n) is 16.3. The smallest absolute Gasteiger partial charge is 0.410 e. The maximum atomic E-state index is 12.3. The van der Waals surface area contributed by atoms with E-state index in [4.69, 9.17) is 9.47 Å². The van der Waals surface area contributed by atoms with Crippen molar-refractivity contribution in [3.05, 3.63) is 42.9 Å². The highest BCUT2D eigenvalue weighted by Crippen LogP contribution is 2.31. The molecule has 7 nitrogen and oxygen atoms in total. The number of nitrogens with one attached hydrogen (secondary N) is 1. The first kappa shape index (κ1) is 18.3. The molecular weight excluding hydrogens is 356 g/mol. The van der Waals surface area contributed by atoms with E-state index in [0.717, 1.165) is 28.7 Å². The van der Waals surface area contributed by atoms with Crippen LogP contribution in [0.2, 0.25) is 0 Å². The summed E-state index contributed by atoms with van der Waals surface area (Å²) in [6.45, 7) is 6.70. The number of likely N-dealkylation sites (tertiary alicyclic amines) is 1. The van der Waals surface area contributed by atoms with Gasteiger partial charge in [-0.2, -0.15) is 0 Å². The molecule has 146 valence electrons. The number of rotatable bonds is 4. The Morgan fingerprint density at radius 3 is 2.89 bits per heavy atom. The van der Waals surface area contributed by atoms with Gasteiger partial charge in [0.05, 0.1) is 29.0 Å². The number of ether oxygens (including phenoxy) is 2. The van der Waals surface area contributed by atoms with Gasteiger partial charge in [-0.15, -0.1) is 0 Å². The third-order valence-corrected chi connectivity index (χ3v) is 4.67. The Morgan fingerprint density at radius 1 is 1.32 bits per heavy atom. The fourth-order valence-corrected chi connectivity index (χ4v) is 3.18. The second-order valence-corrected chi connectivity index (χ2v) is 7.92. The first-order chi connectivity index (χ1) is 13.4. The monoisotopic (exact) mass is 380 g/mol. The number of nitrogens with zero attached hydrogens (tertiary/aromatic N) is 3. The van der Waals surface area contributed by atoms with E-state index in [1.54, 1.807) is 23.5 Å². The van der Waals surface area contributed by atoms with Crippen molar-refractivity contribution < 1.29 is 14.3 Å². The molecule has 0 aliphatic carbocycles. The van der Waals surface area contributed by atoms with E-state index in [9.17, 15) is 4.79 Å². The molecule has 3 aromatic heterocycles. The van der Waals surface area contributed by atoms with Crippen LogP contribution in [-0.4, -0.2) is 50.7 Å². The number of carbonyl (C=O) groups excluding carboxylic acids is 1. The minimum Gasteiger partial charge on any atom is -0.489 e. The van der Waals surface area contributed by atoms with Gasteiger partial charge < -0.3 is 19.4 Å². The minimum absolute atomic E-state index is 0.00675. The van der Waals surface area contributed by atoms with Gasteiger partial charge in [0.2, 0.25) is 0 Å². The normalized spacial score (nSPS) is 16.7. The van der Waals surface area contributed by atoms with Crippen LogP contribution in [0.25, 0.3) is 22.3 Å². The zero-order chi connectivity index (χ0) is 19.7. The van der Waals surface area contributed by atoms with Crippen molar-refractivity contribution >= 4 is 17.1 Å². The highest BCUT2D eigenvalue weighted by atomic mass is 16.6. The Hall–Kier alpha value is -3.09. The number of fused-ring (bicyclic) bond motifs is 1. The van der Waals surface area contributed by atoms with Crippen molar-refractivity contribution in [2.75, 3.05) is 13.2 Å². The van der Waals surface area contributed by atoms with Crippen molar-refractivity contribution in [2.24, 2.45) is 0 Å². The van der Waals surface area contributed by atoms with Crippen molar-refractivity contribution in [1.82, 2.24) is 19.9 Å². The molecular formula is C21H24N4O3. The molecule has 1 fully saturated rings. The lowest BCUT2D eigenvalue weighted by Crippen LogP contribution is -2.55. The van der Waals surface area contributed by atoms with Crippen molar-refractivity contribution in [1.29, 1.82) is 0 Å². The number of aromatic nitrogens is 3. The number of hydrogen-bond acceptors (Lipinski definition) is 5. The lowest BCUT2D eigenvalue weighted by atomic mass is 10.1. The number of aromatic amines is 1. The molecule has 1 N–H and O–H groups in total. The van der Waals surface area contributed by atoms with Gasteiger partial charge in [0.25, 0.3) is 0 Å². The summed E-state index contributed by atoms with van der Waals surface area (Å²) in [5.74, 6) is 0.671. The van der Waals surface area contributed by atoms with Gasteiger partial charge in [0.15, 0.2) is 0 Å². The summed E-state index contributed by atoms with van der Waals surface area (Å²) >= 11 is 0. The van der Waals surface area contributed by atoms with Gasteiger partial charge in [-0.25, -0.2) is 4.79 Å². The third-order valence-electron chi connectivity index (χ3n) is 4.67. The van der Waals surface area contributed by atoms with Gasteiger partial charge in [-0.05, 0) is 51.5 Å². The second kappa shape index (κ2) is 7.14. The molecule has 1 aliphatic heterocycles. The number of pyridine rings is 2. The third kappa shape index (κ3) is 3.78. The lowest BCUT2D eigenvalue weighted by Gasteiger charge is -2.41. The standard InChI is InChI=1S/C21H24N4O3/c1-21(2,3)28-20(26)25-10-7-14(25)13-27-19-12-22-9-6-15(19)17-11-18-16(24-17)5-4-8-23-18/h4-6,8-9,11-12,14,24H,7,10,13H2,1-3H3. The Labute approximate surface area is 163 Å². The molecule has 1 unspecified atom stereocenters. The van der Waals surface area contributed by atoms with Crippen LogP contribution in [0.3, 0.4) is 0 Å². The van der Waals surface area contributed by atoms with Gasteiger partial charge in [-0.3, -0.25) is 9.97 Å². The van der Waals surface area contributed by atoms with E-state index >= 15 is 0 Å².